The summed E-state index contributed by atoms with van der Waals surface area (Å²) < 4.78 is 3.34. The van der Waals surface area contributed by atoms with Crippen LogP contribution >= 0.6 is 0 Å². The minimum absolute atomic E-state index is 0.0588. The Hall–Kier alpha value is -2.90. The van der Waals surface area contributed by atoms with Crippen molar-refractivity contribution in [1.29, 1.82) is 0 Å². The van der Waals surface area contributed by atoms with Crippen molar-refractivity contribution < 1.29 is 0 Å². The van der Waals surface area contributed by atoms with Gasteiger partial charge in [-0.3, -0.25) is 4.79 Å². The SMILES string of the molecule is CCn1nc(N2CCN(c3nccn4nccc34)CC2)ccc1=O. The van der Waals surface area contributed by atoms with Crippen molar-refractivity contribution in [2.24, 2.45) is 0 Å². The van der Waals surface area contributed by atoms with Gasteiger partial charge in [0.05, 0.1) is 6.20 Å². The van der Waals surface area contributed by atoms with Crippen molar-refractivity contribution in [3.05, 3.63) is 47.1 Å². The van der Waals surface area contributed by atoms with Crippen LogP contribution in [0.4, 0.5) is 11.6 Å². The molecule has 1 aliphatic rings. The lowest BCUT2D eigenvalue weighted by atomic mass is 10.3. The zero-order valence-electron chi connectivity index (χ0n) is 13.5. The molecule has 0 saturated carbocycles. The standard InChI is InChI=1S/C16H19N7O/c1-2-22-15(24)4-3-14(19-22)20-9-11-21(12-10-20)16-13-5-6-18-23(13)8-7-17-16/h3-8H,2,9-12H2,1H3. The lowest BCUT2D eigenvalue weighted by molar-refractivity contribution is 0.587. The number of aryl methyl sites for hydroxylation is 1. The molecule has 0 aliphatic carbocycles. The van der Waals surface area contributed by atoms with Crippen LogP contribution in [-0.2, 0) is 6.54 Å². The molecule has 4 rings (SSSR count). The molecule has 24 heavy (non-hydrogen) atoms. The highest BCUT2D eigenvalue weighted by Crippen LogP contribution is 2.21. The van der Waals surface area contributed by atoms with Crippen LogP contribution in [0, 0.1) is 0 Å². The third-order valence-corrected chi connectivity index (χ3v) is 4.36. The lowest BCUT2D eigenvalue weighted by Crippen LogP contribution is -2.47. The zero-order valence-corrected chi connectivity index (χ0v) is 13.5. The molecule has 3 aromatic rings. The van der Waals surface area contributed by atoms with Crippen LogP contribution in [0.2, 0.25) is 0 Å². The van der Waals surface area contributed by atoms with E-state index in [1.54, 1.807) is 24.5 Å². The van der Waals surface area contributed by atoms with Crippen molar-refractivity contribution in [2.75, 3.05) is 36.0 Å². The Bertz CT molecular complexity index is 908. The number of hydrogen-bond donors (Lipinski definition) is 0. The fraction of sp³-hybridized carbons (Fsp3) is 0.375. The van der Waals surface area contributed by atoms with Crippen molar-refractivity contribution in [3.63, 3.8) is 0 Å². The van der Waals surface area contributed by atoms with E-state index >= 15 is 0 Å². The molecule has 0 aromatic carbocycles. The number of nitrogens with zero attached hydrogens (tertiary/aromatic N) is 7. The van der Waals surface area contributed by atoms with Crippen LogP contribution < -0.4 is 15.4 Å². The van der Waals surface area contributed by atoms with Gasteiger partial charge in [0.1, 0.15) is 11.3 Å². The molecule has 0 spiro atoms. The molecule has 4 heterocycles. The van der Waals surface area contributed by atoms with E-state index in [-0.39, 0.29) is 5.56 Å². The van der Waals surface area contributed by atoms with E-state index in [0.717, 1.165) is 43.3 Å². The Labute approximate surface area is 138 Å². The molecule has 3 aromatic heterocycles. The Morgan fingerprint density at radius 1 is 1.04 bits per heavy atom. The Morgan fingerprint density at radius 2 is 1.83 bits per heavy atom. The molecule has 1 aliphatic heterocycles. The van der Waals surface area contributed by atoms with Gasteiger partial charge in [0.15, 0.2) is 5.82 Å². The minimum atomic E-state index is -0.0588. The quantitative estimate of drug-likeness (QED) is 0.703. The maximum atomic E-state index is 11.7. The van der Waals surface area contributed by atoms with Crippen molar-refractivity contribution in [3.8, 4) is 0 Å². The van der Waals surface area contributed by atoms with Crippen molar-refractivity contribution >= 4 is 17.2 Å². The summed E-state index contributed by atoms with van der Waals surface area (Å²) in [5, 5.41) is 8.70. The number of hydrogen-bond acceptors (Lipinski definition) is 6. The smallest absolute Gasteiger partial charge is 0.266 e. The van der Waals surface area contributed by atoms with Gasteiger partial charge in [-0.1, -0.05) is 0 Å². The van der Waals surface area contributed by atoms with Crippen LogP contribution in [0.1, 0.15) is 6.92 Å². The third-order valence-electron chi connectivity index (χ3n) is 4.36. The first-order valence-electron chi connectivity index (χ1n) is 8.12. The summed E-state index contributed by atoms with van der Waals surface area (Å²) in [5.74, 6) is 1.81. The Morgan fingerprint density at radius 3 is 2.62 bits per heavy atom. The summed E-state index contributed by atoms with van der Waals surface area (Å²) in [6, 6.07) is 5.38. The predicted molar refractivity (Wildman–Crippen MR) is 91.6 cm³/mol. The first kappa shape index (κ1) is 14.7. The molecule has 0 N–H and O–H groups in total. The minimum Gasteiger partial charge on any atom is -0.352 e. The van der Waals surface area contributed by atoms with Gasteiger partial charge in [0.2, 0.25) is 0 Å². The number of piperazine rings is 1. The van der Waals surface area contributed by atoms with Gasteiger partial charge in [0, 0.05) is 51.2 Å². The van der Waals surface area contributed by atoms with Gasteiger partial charge in [-0.2, -0.15) is 10.2 Å². The molecule has 1 fully saturated rings. The third kappa shape index (κ3) is 2.49. The van der Waals surface area contributed by atoms with Gasteiger partial charge < -0.3 is 9.80 Å². The molecule has 8 heteroatoms. The molecular weight excluding hydrogens is 306 g/mol. The zero-order chi connectivity index (χ0) is 16.5. The molecule has 0 atom stereocenters. The van der Waals surface area contributed by atoms with Crippen LogP contribution in [0.15, 0.2) is 41.6 Å². The highest BCUT2D eigenvalue weighted by molar-refractivity contribution is 5.68. The van der Waals surface area contributed by atoms with Gasteiger partial charge in [0.25, 0.3) is 5.56 Å². The molecule has 0 amide bonds. The molecule has 0 unspecified atom stereocenters. The summed E-state index contributed by atoms with van der Waals surface area (Å²) in [6.45, 7) is 5.89. The van der Waals surface area contributed by atoms with E-state index in [9.17, 15) is 4.79 Å². The van der Waals surface area contributed by atoms with Crippen molar-refractivity contribution in [1.82, 2.24) is 24.4 Å². The Balaban J connectivity index is 1.53. The predicted octanol–water partition coefficient (Wildman–Crippen LogP) is 0.632. The van der Waals surface area contributed by atoms with Crippen molar-refractivity contribution in [2.45, 2.75) is 13.5 Å². The van der Waals surface area contributed by atoms with Crippen LogP contribution in [0.5, 0.6) is 0 Å². The highest BCUT2D eigenvalue weighted by Gasteiger charge is 2.21. The molecule has 0 bridgehead atoms. The van der Waals surface area contributed by atoms with Crippen LogP contribution in [0.3, 0.4) is 0 Å². The van der Waals surface area contributed by atoms with Crippen LogP contribution in [0.25, 0.3) is 5.52 Å². The summed E-state index contributed by atoms with van der Waals surface area (Å²) in [6.07, 6.45) is 5.42. The number of rotatable bonds is 3. The normalized spacial score (nSPS) is 15.2. The van der Waals surface area contributed by atoms with Gasteiger partial charge in [-0.05, 0) is 19.1 Å². The summed E-state index contributed by atoms with van der Waals surface area (Å²) in [4.78, 5) is 20.7. The van der Waals surface area contributed by atoms with E-state index in [2.05, 4.69) is 25.0 Å². The van der Waals surface area contributed by atoms with E-state index < -0.39 is 0 Å². The topological polar surface area (TPSA) is 71.6 Å². The summed E-state index contributed by atoms with van der Waals surface area (Å²) in [5.41, 5.74) is 0.958. The maximum Gasteiger partial charge on any atom is 0.266 e. The van der Waals surface area contributed by atoms with E-state index in [4.69, 9.17) is 0 Å². The second kappa shape index (κ2) is 5.95. The second-order valence-electron chi connectivity index (χ2n) is 5.73. The molecular formula is C16H19N7O. The van der Waals surface area contributed by atoms with E-state index in [0.29, 0.717) is 6.54 Å². The van der Waals surface area contributed by atoms with Gasteiger partial charge in [-0.25, -0.2) is 14.2 Å². The fourth-order valence-electron chi connectivity index (χ4n) is 3.07. The number of anilines is 2. The fourth-order valence-corrected chi connectivity index (χ4v) is 3.07. The number of aromatic nitrogens is 5. The molecule has 124 valence electrons. The highest BCUT2D eigenvalue weighted by atomic mass is 16.1. The lowest BCUT2D eigenvalue weighted by Gasteiger charge is -2.36. The monoisotopic (exact) mass is 325 g/mol. The molecule has 8 nitrogen and oxygen atoms in total. The van der Waals surface area contributed by atoms with E-state index in [1.165, 1.54) is 4.68 Å². The molecule has 1 saturated heterocycles. The first-order valence-corrected chi connectivity index (χ1v) is 8.12. The Kier molecular flexibility index (Phi) is 3.64. The van der Waals surface area contributed by atoms with Gasteiger partial charge in [-0.15, -0.1) is 0 Å². The largest absolute Gasteiger partial charge is 0.352 e. The maximum absolute atomic E-state index is 11.7. The van der Waals surface area contributed by atoms with Crippen LogP contribution in [-0.4, -0.2) is 50.6 Å². The number of fused-ring (bicyclic) bond motifs is 1. The summed E-state index contributed by atoms with van der Waals surface area (Å²) >= 11 is 0. The van der Waals surface area contributed by atoms with E-state index in [1.807, 2.05) is 23.7 Å². The van der Waals surface area contributed by atoms with Gasteiger partial charge >= 0.3 is 0 Å². The average molecular weight is 325 g/mol. The summed E-state index contributed by atoms with van der Waals surface area (Å²) in [7, 11) is 0. The first-order chi connectivity index (χ1) is 11.8. The molecule has 0 radical (unpaired) electrons. The second-order valence-corrected chi connectivity index (χ2v) is 5.73. The average Bonchev–Trinajstić information content (AvgIpc) is 3.11.